The zero-order chi connectivity index (χ0) is 15.4. The van der Waals surface area contributed by atoms with Crippen LogP contribution in [0.3, 0.4) is 0 Å². The monoisotopic (exact) mass is 306 g/mol. The lowest BCUT2D eigenvalue weighted by atomic mass is 9.96. The van der Waals surface area contributed by atoms with Crippen molar-refractivity contribution in [3.05, 3.63) is 0 Å². The van der Waals surface area contributed by atoms with Crippen molar-refractivity contribution in [2.24, 2.45) is 5.92 Å². The van der Waals surface area contributed by atoms with Crippen LogP contribution in [0.1, 0.15) is 77.0 Å². The van der Waals surface area contributed by atoms with Crippen LogP contribution in [0.25, 0.3) is 0 Å². The van der Waals surface area contributed by atoms with E-state index in [1.54, 1.807) is 0 Å². The number of piperidine rings is 1. The standard InChI is InChI=1S/C18H30N2O2/c21-17(19-15-6-4-2-1-3-5-7-15)10-11-18(22)20-13-14-8-9-16(20)12-14/h14-16H,1-13H2,(H,19,21)/t14-,16-/m0/s1. The molecule has 2 amide bonds. The first-order chi connectivity index (χ1) is 10.7. The maximum atomic E-state index is 12.3. The van der Waals surface area contributed by atoms with Crippen LogP contribution >= 0.6 is 0 Å². The Kier molecular flexibility index (Phi) is 5.37. The average Bonchev–Trinajstić information content (AvgIpc) is 3.10. The predicted molar refractivity (Wildman–Crippen MR) is 86.3 cm³/mol. The molecule has 1 heterocycles. The van der Waals surface area contributed by atoms with Crippen molar-refractivity contribution in [1.82, 2.24) is 10.2 Å². The average molecular weight is 306 g/mol. The lowest BCUT2D eigenvalue weighted by Gasteiger charge is -2.27. The van der Waals surface area contributed by atoms with Gasteiger partial charge in [0.25, 0.3) is 0 Å². The Balaban J connectivity index is 1.37. The number of carbonyl (C=O) groups excluding carboxylic acids is 2. The van der Waals surface area contributed by atoms with Gasteiger partial charge < -0.3 is 10.2 Å². The summed E-state index contributed by atoms with van der Waals surface area (Å²) >= 11 is 0. The molecule has 0 unspecified atom stereocenters. The van der Waals surface area contributed by atoms with Crippen LogP contribution in [0.15, 0.2) is 0 Å². The van der Waals surface area contributed by atoms with E-state index in [1.165, 1.54) is 51.4 Å². The molecule has 1 aliphatic heterocycles. The molecule has 0 aromatic carbocycles. The van der Waals surface area contributed by atoms with E-state index in [0.717, 1.165) is 25.3 Å². The molecular formula is C18H30N2O2. The Morgan fingerprint density at radius 2 is 1.64 bits per heavy atom. The topological polar surface area (TPSA) is 49.4 Å². The van der Waals surface area contributed by atoms with E-state index in [-0.39, 0.29) is 11.8 Å². The number of rotatable bonds is 4. The molecule has 0 spiro atoms. The predicted octanol–water partition coefficient (Wildman–Crippen LogP) is 3.01. The third-order valence-corrected chi connectivity index (χ3v) is 5.77. The summed E-state index contributed by atoms with van der Waals surface area (Å²) in [5.74, 6) is 1.00. The summed E-state index contributed by atoms with van der Waals surface area (Å²) < 4.78 is 0. The van der Waals surface area contributed by atoms with E-state index in [0.29, 0.717) is 24.9 Å². The van der Waals surface area contributed by atoms with Gasteiger partial charge in [0.2, 0.25) is 11.8 Å². The van der Waals surface area contributed by atoms with Gasteiger partial charge in [-0.15, -0.1) is 0 Å². The molecule has 22 heavy (non-hydrogen) atoms. The summed E-state index contributed by atoms with van der Waals surface area (Å²) in [7, 11) is 0. The third-order valence-electron chi connectivity index (χ3n) is 5.77. The molecule has 0 radical (unpaired) electrons. The van der Waals surface area contributed by atoms with Crippen molar-refractivity contribution >= 4 is 11.8 Å². The second kappa shape index (κ2) is 7.47. The van der Waals surface area contributed by atoms with Crippen LogP contribution in [-0.4, -0.2) is 35.3 Å². The lowest BCUT2D eigenvalue weighted by molar-refractivity contribution is -0.135. The Morgan fingerprint density at radius 3 is 2.27 bits per heavy atom. The number of hydrogen-bond donors (Lipinski definition) is 1. The van der Waals surface area contributed by atoms with Gasteiger partial charge in [-0.25, -0.2) is 0 Å². The first kappa shape index (κ1) is 15.8. The molecule has 4 heteroatoms. The number of fused-ring (bicyclic) bond motifs is 2. The second-order valence-corrected chi connectivity index (χ2v) is 7.49. The smallest absolute Gasteiger partial charge is 0.223 e. The quantitative estimate of drug-likeness (QED) is 0.868. The fourth-order valence-electron chi connectivity index (χ4n) is 4.49. The molecule has 2 aliphatic carbocycles. The highest BCUT2D eigenvalue weighted by Crippen LogP contribution is 2.37. The molecule has 4 nitrogen and oxygen atoms in total. The number of amides is 2. The Morgan fingerprint density at radius 1 is 0.909 bits per heavy atom. The lowest BCUT2D eigenvalue weighted by Crippen LogP contribution is -2.39. The molecule has 1 N–H and O–H groups in total. The van der Waals surface area contributed by atoms with Gasteiger partial charge in [0, 0.05) is 31.5 Å². The summed E-state index contributed by atoms with van der Waals surface area (Å²) in [5.41, 5.74) is 0. The van der Waals surface area contributed by atoms with Crippen molar-refractivity contribution in [3.63, 3.8) is 0 Å². The number of nitrogens with one attached hydrogen (secondary N) is 1. The van der Waals surface area contributed by atoms with Gasteiger partial charge in [-0.2, -0.15) is 0 Å². The molecule has 1 saturated heterocycles. The van der Waals surface area contributed by atoms with Crippen molar-refractivity contribution in [1.29, 1.82) is 0 Å². The van der Waals surface area contributed by atoms with Crippen LogP contribution in [0.4, 0.5) is 0 Å². The molecule has 3 aliphatic rings. The summed E-state index contributed by atoms with van der Waals surface area (Å²) in [6.07, 6.45) is 13.0. The van der Waals surface area contributed by atoms with Gasteiger partial charge in [0.05, 0.1) is 0 Å². The van der Waals surface area contributed by atoms with E-state index >= 15 is 0 Å². The van der Waals surface area contributed by atoms with E-state index in [2.05, 4.69) is 5.32 Å². The van der Waals surface area contributed by atoms with Gasteiger partial charge >= 0.3 is 0 Å². The minimum atomic E-state index is 0.0725. The van der Waals surface area contributed by atoms with Gasteiger partial charge in [-0.3, -0.25) is 9.59 Å². The van der Waals surface area contributed by atoms with Crippen LogP contribution in [0.2, 0.25) is 0 Å². The molecule has 0 aromatic rings. The third kappa shape index (κ3) is 4.02. The van der Waals surface area contributed by atoms with Crippen LogP contribution < -0.4 is 5.32 Å². The molecular weight excluding hydrogens is 276 g/mol. The maximum absolute atomic E-state index is 12.3. The van der Waals surface area contributed by atoms with Crippen molar-refractivity contribution < 1.29 is 9.59 Å². The van der Waals surface area contributed by atoms with Crippen LogP contribution in [-0.2, 0) is 9.59 Å². The summed E-state index contributed by atoms with van der Waals surface area (Å²) in [4.78, 5) is 26.4. The molecule has 0 aromatic heterocycles. The van der Waals surface area contributed by atoms with Gasteiger partial charge in [0.15, 0.2) is 0 Å². The number of carbonyl (C=O) groups is 2. The Hall–Kier alpha value is -1.06. The van der Waals surface area contributed by atoms with E-state index in [4.69, 9.17) is 0 Å². The van der Waals surface area contributed by atoms with E-state index in [1.807, 2.05) is 4.90 Å². The minimum Gasteiger partial charge on any atom is -0.353 e. The highest BCUT2D eigenvalue weighted by atomic mass is 16.2. The summed E-state index contributed by atoms with van der Waals surface area (Å²) in [5, 5.41) is 3.16. The molecule has 124 valence electrons. The van der Waals surface area contributed by atoms with Crippen LogP contribution in [0.5, 0.6) is 0 Å². The summed E-state index contributed by atoms with van der Waals surface area (Å²) in [6.45, 7) is 0.938. The van der Waals surface area contributed by atoms with Crippen LogP contribution in [0, 0.1) is 5.92 Å². The Bertz CT molecular complexity index is 402. The largest absolute Gasteiger partial charge is 0.353 e. The zero-order valence-electron chi connectivity index (χ0n) is 13.7. The highest BCUT2D eigenvalue weighted by Gasteiger charge is 2.39. The molecule has 3 fully saturated rings. The molecule has 2 bridgehead atoms. The van der Waals surface area contributed by atoms with Gasteiger partial charge in [-0.05, 0) is 38.0 Å². The van der Waals surface area contributed by atoms with E-state index < -0.39 is 0 Å². The van der Waals surface area contributed by atoms with Gasteiger partial charge in [0.1, 0.15) is 0 Å². The maximum Gasteiger partial charge on any atom is 0.223 e. The fraction of sp³-hybridized carbons (Fsp3) is 0.889. The first-order valence-electron chi connectivity index (χ1n) is 9.31. The SMILES string of the molecule is O=C(CCC(=O)N1C[C@H]2CC[C@H]1C2)NC1CCCCCCC1. The number of hydrogen-bond acceptors (Lipinski definition) is 2. The molecule has 3 rings (SSSR count). The van der Waals surface area contributed by atoms with E-state index in [9.17, 15) is 9.59 Å². The number of likely N-dealkylation sites (tertiary alicyclic amines) is 1. The summed E-state index contributed by atoms with van der Waals surface area (Å²) in [6, 6.07) is 0.817. The Labute approximate surface area is 134 Å². The van der Waals surface area contributed by atoms with Crippen molar-refractivity contribution in [2.75, 3.05) is 6.54 Å². The first-order valence-corrected chi connectivity index (χ1v) is 9.31. The van der Waals surface area contributed by atoms with Crippen molar-refractivity contribution in [3.8, 4) is 0 Å². The number of nitrogens with zero attached hydrogens (tertiary/aromatic N) is 1. The second-order valence-electron chi connectivity index (χ2n) is 7.49. The normalized spacial score (nSPS) is 29.2. The fourth-order valence-corrected chi connectivity index (χ4v) is 4.49. The van der Waals surface area contributed by atoms with Crippen molar-refractivity contribution in [2.45, 2.75) is 89.1 Å². The highest BCUT2D eigenvalue weighted by molar-refractivity contribution is 5.84. The molecule has 2 saturated carbocycles. The molecule has 2 atom stereocenters. The van der Waals surface area contributed by atoms with Gasteiger partial charge in [-0.1, -0.05) is 32.1 Å². The zero-order valence-corrected chi connectivity index (χ0v) is 13.7. The minimum absolute atomic E-state index is 0.0725.